The highest BCUT2D eigenvalue weighted by Gasteiger charge is 2.12. The van der Waals surface area contributed by atoms with Crippen LogP contribution in [0.5, 0.6) is 11.5 Å². The summed E-state index contributed by atoms with van der Waals surface area (Å²) in [7, 11) is 1.66. The molecule has 0 amide bonds. The fourth-order valence-corrected chi connectivity index (χ4v) is 2.48. The molecule has 1 heterocycles. The normalized spacial score (nSPS) is 10.8. The number of aromatic amines is 1. The second kappa shape index (κ2) is 7.21. The Morgan fingerprint density at radius 2 is 1.88 bits per heavy atom. The van der Waals surface area contributed by atoms with Crippen molar-refractivity contribution in [2.45, 2.75) is 26.4 Å². The Kier molecular flexibility index (Phi) is 4.85. The van der Waals surface area contributed by atoms with Crippen LogP contribution in [0.1, 0.15) is 31.2 Å². The predicted molar refractivity (Wildman–Crippen MR) is 95.4 cm³/mol. The van der Waals surface area contributed by atoms with E-state index in [0.717, 1.165) is 34.1 Å². The summed E-state index contributed by atoms with van der Waals surface area (Å²) < 4.78 is 11.4. The molecular formula is C20H22N2O2. The number of aromatic nitrogens is 2. The molecule has 0 aliphatic carbocycles. The van der Waals surface area contributed by atoms with Crippen LogP contribution in [0.15, 0.2) is 54.7 Å². The van der Waals surface area contributed by atoms with Gasteiger partial charge in [-0.15, -0.1) is 0 Å². The van der Waals surface area contributed by atoms with Gasteiger partial charge in [0.25, 0.3) is 0 Å². The number of methoxy groups -OCH3 is 1. The second-order valence-corrected chi connectivity index (χ2v) is 5.96. The van der Waals surface area contributed by atoms with Crippen LogP contribution in [-0.4, -0.2) is 17.1 Å². The lowest BCUT2D eigenvalue weighted by atomic mass is 10.1. The molecule has 4 heteroatoms. The first-order valence-corrected chi connectivity index (χ1v) is 8.08. The largest absolute Gasteiger partial charge is 0.496 e. The Balaban J connectivity index is 1.79. The Morgan fingerprint density at radius 1 is 1.08 bits per heavy atom. The van der Waals surface area contributed by atoms with Crippen molar-refractivity contribution < 1.29 is 9.47 Å². The van der Waals surface area contributed by atoms with Gasteiger partial charge in [-0.25, -0.2) is 4.98 Å². The van der Waals surface area contributed by atoms with Gasteiger partial charge in [-0.3, -0.25) is 0 Å². The van der Waals surface area contributed by atoms with Crippen molar-refractivity contribution in [3.05, 3.63) is 66.1 Å². The molecule has 0 spiro atoms. The highest BCUT2D eigenvalue weighted by Crippen LogP contribution is 2.33. The molecule has 1 N–H and O–H groups in total. The Labute approximate surface area is 142 Å². The molecule has 0 aliphatic rings. The standard InChI is InChI=1S/C20H22N2O2/c1-14(2)20-21-12-18(22-20)17-10-9-16(11-19(17)23-3)24-13-15-7-5-4-6-8-15/h4-12,14H,13H2,1-3H3,(H,21,22). The number of imidazole rings is 1. The number of hydrogen-bond acceptors (Lipinski definition) is 3. The third-order valence-corrected chi connectivity index (χ3v) is 3.84. The van der Waals surface area contributed by atoms with E-state index in [1.807, 2.05) is 54.7 Å². The van der Waals surface area contributed by atoms with Crippen LogP contribution in [0.2, 0.25) is 0 Å². The molecule has 0 unspecified atom stereocenters. The molecule has 2 aromatic carbocycles. The van der Waals surface area contributed by atoms with E-state index in [0.29, 0.717) is 12.5 Å². The van der Waals surface area contributed by atoms with Gasteiger partial charge < -0.3 is 14.5 Å². The van der Waals surface area contributed by atoms with Crippen molar-refractivity contribution in [2.75, 3.05) is 7.11 Å². The van der Waals surface area contributed by atoms with Gasteiger partial charge in [-0.2, -0.15) is 0 Å². The minimum atomic E-state index is 0.359. The molecule has 3 rings (SSSR count). The molecule has 24 heavy (non-hydrogen) atoms. The van der Waals surface area contributed by atoms with E-state index in [-0.39, 0.29) is 0 Å². The summed E-state index contributed by atoms with van der Waals surface area (Å²) in [5.74, 6) is 2.86. The van der Waals surface area contributed by atoms with Gasteiger partial charge in [-0.1, -0.05) is 44.2 Å². The molecule has 0 saturated heterocycles. The number of hydrogen-bond donors (Lipinski definition) is 1. The molecule has 0 fully saturated rings. The van der Waals surface area contributed by atoms with Crippen molar-refractivity contribution in [1.82, 2.24) is 9.97 Å². The molecule has 0 saturated carbocycles. The smallest absolute Gasteiger partial charge is 0.132 e. The van der Waals surface area contributed by atoms with Gasteiger partial charge >= 0.3 is 0 Å². The minimum Gasteiger partial charge on any atom is -0.496 e. The average molecular weight is 322 g/mol. The Morgan fingerprint density at radius 3 is 2.54 bits per heavy atom. The van der Waals surface area contributed by atoms with Crippen LogP contribution in [0, 0.1) is 0 Å². The topological polar surface area (TPSA) is 47.1 Å². The van der Waals surface area contributed by atoms with E-state index < -0.39 is 0 Å². The van der Waals surface area contributed by atoms with Gasteiger partial charge in [0.05, 0.1) is 12.8 Å². The molecule has 124 valence electrons. The SMILES string of the molecule is COc1cc(OCc2ccccc2)ccc1-c1c[nH]c(C(C)C)n1. The van der Waals surface area contributed by atoms with Crippen LogP contribution in [0.3, 0.4) is 0 Å². The summed E-state index contributed by atoms with van der Waals surface area (Å²) in [6.07, 6.45) is 1.91. The lowest BCUT2D eigenvalue weighted by Crippen LogP contribution is -1.96. The number of nitrogens with zero attached hydrogens (tertiary/aromatic N) is 1. The van der Waals surface area contributed by atoms with Crippen molar-refractivity contribution in [2.24, 2.45) is 0 Å². The van der Waals surface area contributed by atoms with Crippen molar-refractivity contribution in [3.8, 4) is 22.8 Å². The van der Waals surface area contributed by atoms with E-state index in [4.69, 9.17) is 9.47 Å². The van der Waals surface area contributed by atoms with Crippen LogP contribution in [0.25, 0.3) is 11.3 Å². The zero-order chi connectivity index (χ0) is 16.9. The van der Waals surface area contributed by atoms with Gasteiger partial charge in [-0.05, 0) is 17.7 Å². The lowest BCUT2D eigenvalue weighted by Gasteiger charge is -2.11. The first-order chi connectivity index (χ1) is 11.7. The quantitative estimate of drug-likeness (QED) is 0.710. The third-order valence-electron chi connectivity index (χ3n) is 3.84. The van der Waals surface area contributed by atoms with Gasteiger partial charge in [0, 0.05) is 23.7 Å². The summed E-state index contributed by atoms with van der Waals surface area (Å²) in [6.45, 7) is 4.75. The number of rotatable bonds is 6. The number of nitrogens with one attached hydrogen (secondary N) is 1. The molecule has 1 aromatic heterocycles. The monoisotopic (exact) mass is 322 g/mol. The first-order valence-electron chi connectivity index (χ1n) is 8.08. The highest BCUT2D eigenvalue weighted by atomic mass is 16.5. The van der Waals surface area contributed by atoms with E-state index >= 15 is 0 Å². The average Bonchev–Trinajstić information content (AvgIpc) is 3.11. The van der Waals surface area contributed by atoms with Crippen LogP contribution < -0.4 is 9.47 Å². The summed E-state index contributed by atoms with van der Waals surface area (Å²) in [6, 6.07) is 15.9. The maximum atomic E-state index is 5.86. The molecule has 0 atom stereocenters. The summed E-state index contributed by atoms with van der Waals surface area (Å²) in [4.78, 5) is 7.85. The molecular weight excluding hydrogens is 300 g/mol. The third kappa shape index (κ3) is 3.59. The van der Waals surface area contributed by atoms with E-state index in [9.17, 15) is 0 Å². The maximum Gasteiger partial charge on any atom is 0.132 e. The van der Waals surface area contributed by atoms with Crippen LogP contribution >= 0.6 is 0 Å². The van der Waals surface area contributed by atoms with Crippen LogP contribution in [0.4, 0.5) is 0 Å². The Hall–Kier alpha value is -2.75. The summed E-state index contributed by atoms with van der Waals surface area (Å²) in [5.41, 5.74) is 2.97. The number of H-pyrrole nitrogens is 1. The van der Waals surface area contributed by atoms with E-state index in [1.54, 1.807) is 7.11 Å². The van der Waals surface area contributed by atoms with E-state index in [2.05, 4.69) is 23.8 Å². The molecule has 0 bridgehead atoms. The van der Waals surface area contributed by atoms with Crippen molar-refractivity contribution >= 4 is 0 Å². The molecule has 3 aromatic rings. The van der Waals surface area contributed by atoms with Crippen LogP contribution in [-0.2, 0) is 6.61 Å². The first kappa shape index (κ1) is 16.1. The summed E-state index contributed by atoms with van der Waals surface area (Å²) in [5, 5.41) is 0. The number of benzene rings is 2. The van der Waals surface area contributed by atoms with Gasteiger partial charge in [0.2, 0.25) is 0 Å². The van der Waals surface area contributed by atoms with Gasteiger partial charge in [0.1, 0.15) is 23.9 Å². The number of ether oxygens (including phenoxy) is 2. The van der Waals surface area contributed by atoms with Gasteiger partial charge in [0.15, 0.2) is 0 Å². The summed E-state index contributed by atoms with van der Waals surface area (Å²) >= 11 is 0. The predicted octanol–water partition coefficient (Wildman–Crippen LogP) is 4.79. The molecule has 0 aliphatic heterocycles. The minimum absolute atomic E-state index is 0.359. The zero-order valence-electron chi connectivity index (χ0n) is 14.2. The fourth-order valence-electron chi connectivity index (χ4n) is 2.48. The highest BCUT2D eigenvalue weighted by molar-refractivity contribution is 5.68. The lowest BCUT2D eigenvalue weighted by molar-refractivity contribution is 0.304. The molecule has 4 nitrogen and oxygen atoms in total. The Bertz CT molecular complexity index is 794. The van der Waals surface area contributed by atoms with Crippen molar-refractivity contribution in [1.29, 1.82) is 0 Å². The second-order valence-electron chi connectivity index (χ2n) is 5.96. The van der Waals surface area contributed by atoms with Crippen molar-refractivity contribution in [3.63, 3.8) is 0 Å². The fraction of sp³-hybridized carbons (Fsp3) is 0.250. The zero-order valence-corrected chi connectivity index (χ0v) is 14.2. The molecule has 0 radical (unpaired) electrons. The maximum absolute atomic E-state index is 5.86. The van der Waals surface area contributed by atoms with E-state index in [1.165, 1.54) is 0 Å².